The first-order valence-electron chi connectivity index (χ1n) is 10.1. The van der Waals surface area contributed by atoms with Gasteiger partial charge in [0, 0.05) is 33.7 Å². The van der Waals surface area contributed by atoms with Gasteiger partial charge in [-0.1, -0.05) is 17.7 Å². The third-order valence-electron chi connectivity index (χ3n) is 5.14. The number of nitrogens with zero attached hydrogens (tertiary/aromatic N) is 4. The molecule has 5 aromatic rings. The number of fused-ring (bicyclic) bond motifs is 1. The molecule has 3 heterocycles. The smallest absolute Gasteiger partial charge is 0.255 e. The molecule has 0 unspecified atom stereocenters. The third-order valence-corrected chi connectivity index (χ3v) is 5.39. The van der Waals surface area contributed by atoms with Crippen molar-refractivity contribution in [3.05, 3.63) is 89.6 Å². The zero-order valence-electron chi connectivity index (χ0n) is 17.5. The molecule has 8 nitrogen and oxygen atoms in total. The first-order chi connectivity index (χ1) is 16.1. The Morgan fingerprint density at radius 2 is 1.85 bits per heavy atom. The van der Waals surface area contributed by atoms with Crippen LogP contribution in [0.5, 0.6) is 0 Å². The number of anilines is 3. The number of amides is 1. The Bertz CT molecular complexity index is 1460. The zero-order chi connectivity index (χ0) is 22.8. The van der Waals surface area contributed by atoms with Gasteiger partial charge in [-0.05, 0) is 61.0 Å². The van der Waals surface area contributed by atoms with E-state index in [4.69, 9.17) is 11.6 Å². The predicted molar refractivity (Wildman–Crippen MR) is 129 cm³/mol. The number of benzene rings is 2. The second kappa shape index (κ2) is 8.68. The van der Waals surface area contributed by atoms with Crippen LogP contribution in [0.3, 0.4) is 0 Å². The fourth-order valence-corrected chi connectivity index (χ4v) is 3.55. The molecule has 0 aliphatic rings. The number of nitrogens with one attached hydrogen (secondary N) is 3. The summed E-state index contributed by atoms with van der Waals surface area (Å²) in [5.74, 6) is 0.377. The van der Waals surface area contributed by atoms with Crippen LogP contribution in [0.1, 0.15) is 15.9 Å². The Morgan fingerprint density at radius 1 is 1.00 bits per heavy atom. The van der Waals surface area contributed by atoms with E-state index in [2.05, 4.69) is 35.6 Å². The molecule has 1 amide bonds. The van der Waals surface area contributed by atoms with Crippen molar-refractivity contribution in [2.45, 2.75) is 6.92 Å². The second-order valence-electron chi connectivity index (χ2n) is 7.34. The normalized spacial score (nSPS) is 10.8. The van der Waals surface area contributed by atoms with Crippen LogP contribution in [-0.4, -0.2) is 30.8 Å². The molecule has 0 bridgehead atoms. The van der Waals surface area contributed by atoms with E-state index in [1.165, 1.54) is 6.33 Å². The lowest BCUT2D eigenvalue weighted by atomic mass is 10.1. The first kappa shape index (κ1) is 20.6. The number of H-pyrrole nitrogens is 1. The molecule has 3 aromatic heterocycles. The average molecular weight is 456 g/mol. The van der Waals surface area contributed by atoms with Crippen molar-refractivity contribution in [3.8, 4) is 11.3 Å². The minimum absolute atomic E-state index is 0.225. The predicted octanol–water partition coefficient (Wildman–Crippen LogP) is 5.37. The van der Waals surface area contributed by atoms with E-state index < -0.39 is 0 Å². The number of halogens is 1. The molecule has 0 radical (unpaired) electrons. The molecule has 9 heteroatoms. The van der Waals surface area contributed by atoms with Crippen LogP contribution < -0.4 is 10.6 Å². The second-order valence-corrected chi connectivity index (χ2v) is 7.78. The quantitative estimate of drug-likeness (QED) is 0.328. The monoisotopic (exact) mass is 455 g/mol. The Kier molecular flexibility index (Phi) is 5.42. The number of carbonyl (C=O) groups is 1. The van der Waals surface area contributed by atoms with Gasteiger partial charge in [-0.15, -0.1) is 0 Å². The van der Waals surface area contributed by atoms with Gasteiger partial charge in [-0.3, -0.25) is 4.79 Å². The van der Waals surface area contributed by atoms with Gasteiger partial charge in [0.05, 0.1) is 6.33 Å². The molecule has 0 fully saturated rings. The minimum Gasteiger partial charge on any atom is -0.341 e. The van der Waals surface area contributed by atoms with E-state index in [-0.39, 0.29) is 5.91 Å². The molecule has 0 saturated heterocycles. The van der Waals surface area contributed by atoms with Crippen molar-refractivity contribution in [2.75, 3.05) is 10.6 Å². The number of hydrogen-bond acceptors (Lipinski definition) is 6. The SMILES string of the molecule is Cc1ccc(C(=O)Nc2ccc(Cl)cc2)cc1Nc1ncccc1-c1ncnc2nc[nH]c12. The van der Waals surface area contributed by atoms with E-state index in [0.717, 1.165) is 22.3 Å². The van der Waals surface area contributed by atoms with E-state index in [9.17, 15) is 4.79 Å². The molecule has 5 rings (SSSR count). The van der Waals surface area contributed by atoms with Gasteiger partial charge in [0.1, 0.15) is 23.4 Å². The molecule has 0 spiro atoms. The number of hydrogen-bond donors (Lipinski definition) is 3. The Balaban J connectivity index is 1.46. The molecule has 0 saturated carbocycles. The van der Waals surface area contributed by atoms with Gasteiger partial charge in [0.25, 0.3) is 5.91 Å². The summed E-state index contributed by atoms with van der Waals surface area (Å²) in [5.41, 5.74) is 5.66. The Hall–Kier alpha value is -4.30. The average Bonchev–Trinajstić information content (AvgIpc) is 3.31. The summed E-state index contributed by atoms with van der Waals surface area (Å²) in [6.45, 7) is 1.96. The number of aryl methyl sites for hydroxylation is 1. The topological polar surface area (TPSA) is 108 Å². The van der Waals surface area contributed by atoms with Gasteiger partial charge in [0.2, 0.25) is 0 Å². The van der Waals surface area contributed by atoms with Crippen molar-refractivity contribution in [1.29, 1.82) is 0 Å². The highest BCUT2D eigenvalue weighted by atomic mass is 35.5. The fraction of sp³-hybridized carbons (Fsp3) is 0.0417. The number of carbonyl (C=O) groups excluding carboxylic acids is 1. The van der Waals surface area contributed by atoms with E-state index >= 15 is 0 Å². The zero-order valence-corrected chi connectivity index (χ0v) is 18.3. The summed E-state index contributed by atoms with van der Waals surface area (Å²) in [5, 5.41) is 6.85. The molecule has 0 atom stereocenters. The number of imidazole rings is 1. The molecule has 2 aromatic carbocycles. The van der Waals surface area contributed by atoms with Gasteiger partial charge >= 0.3 is 0 Å². The number of aromatic nitrogens is 5. The van der Waals surface area contributed by atoms with Gasteiger partial charge in [-0.25, -0.2) is 19.9 Å². The minimum atomic E-state index is -0.225. The van der Waals surface area contributed by atoms with Crippen molar-refractivity contribution in [3.63, 3.8) is 0 Å². The maximum absolute atomic E-state index is 12.8. The number of rotatable bonds is 5. The molecule has 162 valence electrons. The third kappa shape index (κ3) is 4.24. The van der Waals surface area contributed by atoms with Crippen LogP contribution in [0, 0.1) is 6.92 Å². The number of aromatic amines is 1. The van der Waals surface area contributed by atoms with Crippen LogP contribution in [0.15, 0.2) is 73.4 Å². The summed E-state index contributed by atoms with van der Waals surface area (Å²) < 4.78 is 0. The fourth-order valence-electron chi connectivity index (χ4n) is 3.43. The Labute approximate surface area is 194 Å². The van der Waals surface area contributed by atoms with Crippen molar-refractivity contribution in [1.82, 2.24) is 24.9 Å². The van der Waals surface area contributed by atoms with Crippen LogP contribution in [0.25, 0.3) is 22.4 Å². The lowest BCUT2D eigenvalue weighted by molar-refractivity contribution is 0.102. The van der Waals surface area contributed by atoms with Crippen LogP contribution in [0.2, 0.25) is 5.02 Å². The van der Waals surface area contributed by atoms with Crippen molar-refractivity contribution >= 4 is 45.9 Å². The largest absolute Gasteiger partial charge is 0.341 e. The van der Waals surface area contributed by atoms with Gasteiger partial charge in [0.15, 0.2) is 5.65 Å². The van der Waals surface area contributed by atoms with E-state index in [0.29, 0.717) is 33.4 Å². The molecule has 33 heavy (non-hydrogen) atoms. The summed E-state index contributed by atoms with van der Waals surface area (Å²) in [4.78, 5) is 33.2. The lowest BCUT2D eigenvalue weighted by Gasteiger charge is -2.14. The standard InChI is InChI=1S/C24H18ClN7O/c1-14-4-5-15(24(33)31-17-8-6-16(25)7-9-17)11-19(14)32-22-18(3-2-10-26-22)20-21-23(29-12-27-20)30-13-28-21/h2-13H,1H3,(H,26,32)(H,31,33)(H,27,28,29,30). The molecular weight excluding hydrogens is 438 g/mol. The van der Waals surface area contributed by atoms with Crippen LogP contribution >= 0.6 is 11.6 Å². The molecular formula is C24H18ClN7O. The van der Waals surface area contributed by atoms with Crippen molar-refractivity contribution < 1.29 is 4.79 Å². The maximum Gasteiger partial charge on any atom is 0.255 e. The highest BCUT2D eigenvalue weighted by Gasteiger charge is 2.15. The van der Waals surface area contributed by atoms with Crippen LogP contribution in [0.4, 0.5) is 17.2 Å². The molecule has 3 N–H and O–H groups in total. The van der Waals surface area contributed by atoms with Crippen LogP contribution in [-0.2, 0) is 0 Å². The van der Waals surface area contributed by atoms with Gasteiger partial charge in [-0.2, -0.15) is 0 Å². The molecule has 0 aliphatic carbocycles. The van der Waals surface area contributed by atoms with E-state index in [1.807, 2.05) is 25.1 Å². The molecule has 0 aliphatic heterocycles. The lowest BCUT2D eigenvalue weighted by Crippen LogP contribution is -2.12. The first-order valence-corrected chi connectivity index (χ1v) is 10.5. The van der Waals surface area contributed by atoms with E-state index in [1.54, 1.807) is 48.9 Å². The van der Waals surface area contributed by atoms with Crippen molar-refractivity contribution in [2.24, 2.45) is 0 Å². The highest BCUT2D eigenvalue weighted by Crippen LogP contribution is 2.31. The summed E-state index contributed by atoms with van der Waals surface area (Å²) in [7, 11) is 0. The Morgan fingerprint density at radius 3 is 2.70 bits per heavy atom. The summed E-state index contributed by atoms with van der Waals surface area (Å²) in [6, 6.07) is 16.2. The number of pyridine rings is 1. The van der Waals surface area contributed by atoms with Gasteiger partial charge < -0.3 is 15.6 Å². The maximum atomic E-state index is 12.8. The highest BCUT2D eigenvalue weighted by molar-refractivity contribution is 6.30. The summed E-state index contributed by atoms with van der Waals surface area (Å²) >= 11 is 5.92. The summed E-state index contributed by atoms with van der Waals surface area (Å²) in [6.07, 6.45) is 4.76.